The van der Waals surface area contributed by atoms with Crippen LogP contribution in [0.15, 0.2) is 29.3 Å². The highest BCUT2D eigenvalue weighted by Gasteiger charge is 2.26. The van der Waals surface area contributed by atoms with Crippen LogP contribution in [0.2, 0.25) is 0 Å². The van der Waals surface area contributed by atoms with E-state index in [9.17, 15) is 0 Å². The number of rotatable bonds is 7. The monoisotopic (exact) mass is 386 g/mol. The molecule has 28 heavy (non-hydrogen) atoms. The molecule has 2 heterocycles. The summed E-state index contributed by atoms with van der Waals surface area (Å²) in [7, 11) is 3.62. The Hall–Kier alpha value is -1.75. The number of guanidine groups is 1. The predicted molar refractivity (Wildman–Crippen MR) is 117 cm³/mol. The molecule has 2 aliphatic rings. The molecule has 0 saturated carbocycles. The van der Waals surface area contributed by atoms with Gasteiger partial charge in [0, 0.05) is 32.6 Å². The van der Waals surface area contributed by atoms with Gasteiger partial charge in [-0.15, -0.1) is 0 Å². The van der Waals surface area contributed by atoms with Gasteiger partial charge >= 0.3 is 0 Å². The van der Waals surface area contributed by atoms with Gasteiger partial charge in [0.2, 0.25) is 0 Å². The van der Waals surface area contributed by atoms with E-state index in [0.717, 1.165) is 37.3 Å². The lowest BCUT2D eigenvalue weighted by atomic mass is 9.98. The first kappa shape index (κ1) is 21.0. The van der Waals surface area contributed by atoms with E-state index in [0.29, 0.717) is 5.92 Å². The first-order valence-corrected chi connectivity index (χ1v) is 11.0. The standard InChI is InChI=1S/C23H38N4O/c1-19-10-15-26(16-11-19)14-5-4-13-25-23(24-2)27-17-12-21(18-27)20-6-8-22(28-3)9-7-20/h6-9,19,21H,4-5,10-18H2,1-3H3,(H,24,25). The summed E-state index contributed by atoms with van der Waals surface area (Å²) in [6, 6.07) is 8.52. The summed E-state index contributed by atoms with van der Waals surface area (Å²) < 4.78 is 5.27. The molecule has 1 N–H and O–H groups in total. The Morgan fingerprint density at radius 1 is 1.11 bits per heavy atom. The van der Waals surface area contributed by atoms with Crippen LogP contribution in [0.4, 0.5) is 0 Å². The van der Waals surface area contributed by atoms with Crippen molar-refractivity contribution in [3.05, 3.63) is 29.8 Å². The maximum Gasteiger partial charge on any atom is 0.193 e. The Balaban J connectivity index is 1.36. The van der Waals surface area contributed by atoms with Gasteiger partial charge in [-0.3, -0.25) is 4.99 Å². The van der Waals surface area contributed by atoms with E-state index in [1.54, 1.807) is 7.11 Å². The molecule has 1 aromatic rings. The zero-order chi connectivity index (χ0) is 19.8. The van der Waals surface area contributed by atoms with Gasteiger partial charge in [-0.25, -0.2) is 0 Å². The number of likely N-dealkylation sites (tertiary alicyclic amines) is 2. The van der Waals surface area contributed by atoms with Gasteiger partial charge in [0.1, 0.15) is 5.75 Å². The fraction of sp³-hybridized carbons (Fsp3) is 0.696. The summed E-state index contributed by atoms with van der Waals surface area (Å²) in [6.07, 6.45) is 6.40. The minimum atomic E-state index is 0.575. The molecule has 156 valence electrons. The lowest BCUT2D eigenvalue weighted by Crippen LogP contribution is -2.40. The molecule has 0 spiro atoms. The molecule has 0 radical (unpaired) electrons. The van der Waals surface area contributed by atoms with Gasteiger partial charge in [-0.1, -0.05) is 19.1 Å². The Kier molecular flexibility index (Phi) is 8.01. The van der Waals surface area contributed by atoms with Crippen molar-refractivity contribution in [3.63, 3.8) is 0 Å². The smallest absolute Gasteiger partial charge is 0.193 e. The average molecular weight is 387 g/mol. The van der Waals surface area contributed by atoms with Crippen molar-refractivity contribution in [2.75, 3.05) is 53.4 Å². The lowest BCUT2D eigenvalue weighted by molar-refractivity contribution is 0.189. The molecule has 0 aromatic heterocycles. The first-order chi connectivity index (χ1) is 13.7. The number of hydrogen-bond acceptors (Lipinski definition) is 3. The molecule has 1 aromatic carbocycles. The highest BCUT2D eigenvalue weighted by Crippen LogP contribution is 2.28. The Labute approximate surface area is 171 Å². The molecule has 2 aliphatic heterocycles. The van der Waals surface area contributed by atoms with Crippen molar-refractivity contribution in [1.82, 2.24) is 15.1 Å². The molecule has 5 heteroatoms. The molecular formula is C23H38N4O. The highest BCUT2D eigenvalue weighted by molar-refractivity contribution is 5.80. The van der Waals surface area contributed by atoms with Gasteiger partial charge < -0.3 is 19.9 Å². The Morgan fingerprint density at radius 2 is 1.86 bits per heavy atom. The Morgan fingerprint density at radius 3 is 2.54 bits per heavy atom. The van der Waals surface area contributed by atoms with E-state index in [2.05, 4.69) is 51.3 Å². The molecule has 0 amide bonds. The number of unbranched alkanes of at least 4 members (excludes halogenated alkanes) is 1. The second kappa shape index (κ2) is 10.7. The number of aliphatic imine (C=N–C) groups is 1. The zero-order valence-electron chi connectivity index (χ0n) is 18.0. The van der Waals surface area contributed by atoms with Crippen molar-refractivity contribution < 1.29 is 4.74 Å². The number of nitrogens with one attached hydrogen (secondary N) is 1. The number of hydrogen-bond donors (Lipinski definition) is 1. The SMILES string of the molecule is CN=C(NCCCCN1CCC(C)CC1)N1CCC(c2ccc(OC)cc2)C1. The van der Waals surface area contributed by atoms with Crippen LogP contribution in [0, 0.1) is 5.92 Å². The van der Waals surface area contributed by atoms with E-state index >= 15 is 0 Å². The van der Waals surface area contributed by atoms with Crippen LogP contribution in [0.3, 0.4) is 0 Å². The van der Waals surface area contributed by atoms with Crippen molar-refractivity contribution in [2.24, 2.45) is 10.9 Å². The molecule has 3 rings (SSSR count). The summed E-state index contributed by atoms with van der Waals surface area (Å²) in [5.74, 6) is 3.48. The number of benzene rings is 1. The fourth-order valence-electron chi connectivity index (χ4n) is 4.38. The molecule has 2 saturated heterocycles. The van der Waals surface area contributed by atoms with Crippen LogP contribution in [-0.4, -0.2) is 69.2 Å². The van der Waals surface area contributed by atoms with E-state index < -0.39 is 0 Å². The Bertz CT molecular complexity index is 608. The van der Waals surface area contributed by atoms with Crippen LogP contribution in [0.25, 0.3) is 0 Å². The summed E-state index contributed by atoms with van der Waals surface area (Å²) in [4.78, 5) is 9.56. The van der Waals surface area contributed by atoms with Gasteiger partial charge in [-0.05, 0) is 75.4 Å². The molecule has 1 atom stereocenters. The number of methoxy groups -OCH3 is 1. The summed E-state index contributed by atoms with van der Waals surface area (Å²) >= 11 is 0. The predicted octanol–water partition coefficient (Wildman–Crippen LogP) is 3.57. The van der Waals surface area contributed by atoms with Crippen LogP contribution in [-0.2, 0) is 0 Å². The van der Waals surface area contributed by atoms with Crippen LogP contribution < -0.4 is 10.1 Å². The van der Waals surface area contributed by atoms with Crippen molar-refractivity contribution in [3.8, 4) is 5.75 Å². The summed E-state index contributed by atoms with van der Waals surface area (Å²) in [6.45, 7) is 9.33. The molecule has 5 nitrogen and oxygen atoms in total. The quantitative estimate of drug-likeness (QED) is 0.442. The van der Waals surface area contributed by atoms with Crippen LogP contribution in [0.1, 0.15) is 50.5 Å². The van der Waals surface area contributed by atoms with Crippen molar-refractivity contribution >= 4 is 5.96 Å². The van der Waals surface area contributed by atoms with Crippen molar-refractivity contribution in [2.45, 2.75) is 44.9 Å². The number of ether oxygens (including phenoxy) is 1. The van der Waals surface area contributed by atoms with E-state index in [1.165, 1.54) is 57.3 Å². The average Bonchev–Trinajstić information content (AvgIpc) is 3.22. The third kappa shape index (κ3) is 5.87. The van der Waals surface area contributed by atoms with E-state index in [1.807, 2.05) is 7.05 Å². The van der Waals surface area contributed by atoms with Gasteiger partial charge in [0.05, 0.1) is 7.11 Å². The van der Waals surface area contributed by atoms with Crippen molar-refractivity contribution in [1.29, 1.82) is 0 Å². The third-order valence-corrected chi connectivity index (χ3v) is 6.35. The first-order valence-electron chi connectivity index (χ1n) is 11.0. The van der Waals surface area contributed by atoms with Gasteiger partial charge in [0.15, 0.2) is 5.96 Å². The molecule has 2 fully saturated rings. The van der Waals surface area contributed by atoms with Crippen LogP contribution in [0.5, 0.6) is 5.75 Å². The maximum atomic E-state index is 5.27. The van der Waals surface area contributed by atoms with E-state index in [4.69, 9.17) is 4.74 Å². The van der Waals surface area contributed by atoms with E-state index in [-0.39, 0.29) is 0 Å². The molecule has 0 bridgehead atoms. The van der Waals surface area contributed by atoms with Gasteiger partial charge in [-0.2, -0.15) is 0 Å². The molecule has 1 unspecified atom stereocenters. The lowest BCUT2D eigenvalue weighted by Gasteiger charge is -2.30. The normalized spacial score (nSPS) is 21.9. The third-order valence-electron chi connectivity index (χ3n) is 6.35. The topological polar surface area (TPSA) is 40.1 Å². The summed E-state index contributed by atoms with van der Waals surface area (Å²) in [5.41, 5.74) is 1.40. The molecular weight excluding hydrogens is 348 g/mol. The maximum absolute atomic E-state index is 5.27. The number of piperidine rings is 1. The largest absolute Gasteiger partial charge is 0.497 e. The van der Waals surface area contributed by atoms with Crippen LogP contribution >= 0.6 is 0 Å². The highest BCUT2D eigenvalue weighted by atomic mass is 16.5. The second-order valence-electron chi connectivity index (χ2n) is 8.41. The molecule has 0 aliphatic carbocycles. The zero-order valence-corrected chi connectivity index (χ0v) is 18.0. The minimum absolute atomic E-state index is 0.575. The second-order valence-corrected chi connectivity index (χ2v) is 8.41. The fourth-order valence-corrected chi connectivity index (χ4v) is 4.38. The minimum Gasteiger partial charge on any atom is -0.497 e. The number of nitrogens with zero attached hydrogens (tertiary/aromatic N) is 3. The van der Waals surface area contributed by atoms with Gasteiger partial charge in [0.25, 0.3) is 0 Å². The summed E-state index contributed by atoms with van der Waals surface area (Å²) in [5, 5.41) is 3.58.